The van der Waals surface area contributed by atoms with Crippen molar-refractivity contribution in [1.82, 2.24) is 10.6 Å². The van der Waals surface area contributed by atoms with Crippen LogP contribution in [0.1, 0.15) is 17.3 Å². The van der Waals surface area contributed by atoms with E-state index in [9.17, 15) is 19.7 Å². The van der Waals surface area contributed by atoms with Gasteiger partial charge in [0.2, 0.25) is 5.91 Å². The van der Waals surface area contributed by atoms with Gasteiger partial charge in [-0.3, -0.25) is 19.7 Å². The molecule has 27 heavy (non-hydrogen) atoms. The number of carbonyl (C=O) groups is 2. The molecule has 0 saturated carbocycles. The Hall–Kier alpha value is -3.13. The first-order valence-electron chi connectivity index (χ1n) is 8.20. The number of rotatable bonds is 8. The zero-order valence-corrected chi connectivity index (χ0v) is 15.3. The molecular formula is C18H19ClN4O4. The molecule has 1 unspecified atom stereocenters. The molecule has 2 aromatic carbocycles. The minimum Gasteiger partial charge on any atom is -0.378 e. The molecule has 0 radical (unpaired) electrons. The predicted molar refractivity (Wildman–Crippen MR) is 103 cm³/mol. The molecule has 3 N–H and O–H groups in total. The van der Waals surface area contributed by atoms with Crippen molar-refractivity contribution in [3.05, 3.63) is 69.2 Å². The molecule has 0 aliphatic heterocycles. The predicted octanol–water partition coefficient (Wildman–Crippen LogP) is 2.59. The minimum atomic E-state index is -0.737. The Balaban J connectivity index is 1.77. The van der Waals surface area contributed by atoms with Crippen LogP contribution in [0.2, 0.25) is 5.02 Å². The number of benzene rings is 2. The molecule has 0 spiro atoms. The standard InChI is InChI=1S/C18H19ClN4O4/c1-12(22-18(25)13-6-8-14(19)9-7-13)17(24)21-11-10-20-15-4-2-3-5-16(15)23(26)27/h2-9,12,20H,10-11H2,1H3,(H,21,24)(H,22,25). The van der Waals surface area contributed by atoms with E-state index in [0.29, 0.717) is 22.8 Å². The third-order valence-corrected chi connectivity index (χ3v) is 3.94. The lowest BCUT2D eigenvalue weighted by Crippen LogP contribution is -2.45. The van der Waals surface area contributed by atoms with Crippen LogP contribution < -0.4 is 16.0 Å². The topological polar surface area (TPSA) is 113 Å². The van der Waals surface area contributed by atoms with Crippen LogP contribution in [-0.4, -0.2) is 35.9 Å². The van der Waals surface area contributed by atoms with Crippen LogP contribution in [0.3, 0.4) is 0 Å². The maximum Gasteiger partial charge on any atom is 0.292 e. The van der Waals surface area contributed by atoms with E-state index in [2.05, 4.69) is 16.0 Å². The van der Waals surface area contributed by atoms with Crippen LogP contribution in [0.25, 0.3) is 0 Å². The highest BCUT2D eigenvalue weighted by Gasteiger charge is 2.16. The Morgan fingerprint density at radius 1 is 1.11 bits per heavy atom. The van der Waals surface area contributed by atoms with E-state index >= 15 is 0 Å². The van der Waals surface area contributed by atoms with Crippen LogP contribution in [-0.2, 0) is 4.79 Å². The van der Waals surface area contributed by atoms with Crippen molar-refractivity contribution in [1.29, 1.82) is 0 Å². The number of nitro groups is 1. The van der Waals surface area contributed by atoms with Gasteiger partial charge in [0.1, 0.15) is 11.7 Å². The highest BCUT2D eigenvalue weighted by molar-refractivity contribution is 6.30. The summed E-state index contributed by atoms with van der Waals surface area (Å²) >= 11 is 5.78. The molecule has 2 rings (SSSR count). The fourth-order valence-electron chi connectivity index (χ4n) is 2.27. The third kappa shape index (κ3) is 5.96. The van der Waals surface area contributed by atoms with Crippen molar-refractivity contribution in [3.8, 4) is 0 Å². The molecule has 142 valence electrons. The highest BCUT2D eigenvalue weighted by atomic mass is 35.5. The van der Waals surface area contributed by atoms with Gasteiger partial charge in [0.15, 0.2) is 0 Å². The van der Waals surface area contributed by atoms with Crippen LogP contribution in [0, 0.1) is 10.1 Å². The molecule has 2 aromatic rings. The number of nitro benzene ring substituents is 1. The Bertz CT molecular complexity index is 826. The van der Waals surface area contributed by atoms with E-state index in [-0.39, 0.29) is 24.0 Å². The Kier molecular flexibility index (Phi) is 7.13. The quantitative estimate of drug-likeness (QED) is 0.364. The largest absolute Gasteiger partial charge is 0.378 e. The van der Waals surface area contributed by atoms with Gasteiger partial charge in [0, 0.05) is 29.7 Å². The second-order valence-corrected chi connectivity index (χ2v) is 6.13. The van der Waals surface area contributed by atoms with Crippen LogP contribution in [0.15, 0.2) is 48.5 Å². The van der Waals surface area contributed by atoms with Crippen LogP contribution >= 0.6 is 11.6 Å². The van der Waals surface area contributed by atoms with Gasteiger partial charge in [0.05, 0.1) is 4.92 Å². The van der Waals surface area contributed by atoms with Crippen LogP contribution in [0.5, 0.6) is 0 Å². The molecule has 0 heterocycles. The number of para-hydroxylation sites is 2. The summed E-state index contributed by atoms with van der Waals surface area (Å²) in [6, 6.07) is 11.8. The maximum absolute atomic E-state index is 12.1. The summed E-state index contributed by atoms with van der Waals surface area (Å²) in [5, 5.41) is 19.6. The molecule has 0 fully saturated rings. The summed E-state index contributed by atoms with van der Waals surface area (Å²) in [5.41, 5.74) is 0.741. The van der Waals surface area contributed by atoms with Gasteiger partial charge in [0.25, 0.3) is 11.6 Å². The molecule has 2 amide bonds. The molecule has 0 bridgehead atoms. The SMILES string of the molecule is CC(NC(=O)c1ccc(Cl)cc1)C(=O)NCCNc1ccccc1[N+](=O)[O-]. The van der Waals surface area contributed by atoms with Gasteiger partial charge in [-0.1, -0.05) is 23.7 Å². The van der Waals surface area contributed by atoms with E-state index in [4.69, 9.17) is 11.6 Å². The van der Waals surface area contributed by atoms with Crippen molar-refractivity contribution in [2.45, 2.75) is 13.0 Å². The highest BCUT2D eigenvalue weighted by Crippen LogP contribution is 2.22. The van der Waals surface area contributed by atoms with Gasteiger partial charge in [-0.15, -0.1) is 0 Å². The summed E-state index contributed by atoms with van der Waals surface area (Å²) in [4.78, 5) is 34.6. The number of nitrogens with zero attached hydrogens (tertiary/aromatic N) is 1. The van der Waals surface area contributed by atoms with Crippen molar-refractivity contribution >= 4 is 34.8 Å². The Morgan fingerprint density at radius 3 is 2.44 bits per heavy atom. The number of anilines is 1. The molecule has 0 aliphatic rings. The van der Waals surface area contributed by atoms with Gasteiger partial charge < -0.3 is 16.0 Å². The molecule has 0 aromatic heterocycles. The number of halogens is 1. The molecule has 1 atom stereocenters. The van der Waals surface area contributed by atoms with Crippen molar-refractivity contribution < 1.29 is 14.5 Å². The fraction of sp³-hybridized carbons (Fsp3) is 0.222. The zero-order chi connectivity index (χ0) is 19.8. The van der Waals surface area contributed by atoms with Crippen molar-refractivity contribution in [3.63, 3.8) is 0 Å². The second-order valence-electron chi connectivity index (χ2n) is 5.69. The molecule has 8 nitrogen and oxygen atoms in total. The van der Waals surface area contributed by atoms with E-state index in [1.807, 2.05) is 0 Å². The number of amides is 2. The van der Waals surface area contributed by atoms with E-state index in [1.54, 1.807) is 49.4 Å². The summed E-state index contributed by atoms with van der Waals surface area (Å²) < 4.78 is 0. The van der Waals surface area contributed by atoms with Gasteiger partial charge in [-0.05, 0) is 37.3 Å². The Morgan fingerprint density at radius 2 is 1.78 bits per heavy atom. The van der Waals surface area contributed by atoms with Gasteiger partial charge in [-0.25, -0.2) is 0 Å². The maximum atomic E-state index is 12.1. The van der Waals surface area contributed by atoms with Crippen LogP contribution in [0.4, 0.5) is 11.4 Å². The third-order valence-electron chi connectivity index (χ3n) is 3.69. The molecular weight excluding hydrogens is 372 g/mol. The fourth-order valence-corrected chi connectivity index (χ4v) is 2.39. The number of carbonyl (C=O) groups excluding carboxylic acids is 2. The molecule has 0 saturated heterocycles. The summed E-state index contributed by atoms with van der Waals surface area (Å²) in [6.45, 7) is 2.11. The number of nitrogens with one attached hydrogen (secondary N) is 3. The minimum absolute atomic E-state index is 0.0348. The summed E-state index contributed by atoms with van der Waals surface area (Å²) in [6.07, 6.45) is 0. The lowest BCUT2D eigenvalue weighted by molar-refractivity contribution is -0.384. The lowest BCUT2D eigenvalue weighted by atomic mass is 10.2. The zero-order valence-electron chi connectivity index (χ0n) is 14.6. The normalized spacial score (nSPS) is 11.3. The first-order valence-corrected chi connectivity index (χ1v) is 8.57. The van der Waals surface area contributed by atoms with Crippen molar-refractivity contribution in [2.24, 2.45) is 0 Å². The van der Waals surface area contributed by atoms with Gasteiger partial charge in [-0.2, -0.15) is 0 Å². The monoisotopic (exact) mass is 390 g/mol. The number of hydrogen-bond donors (Lipinski definition) is 3. The van der Waals surface area contributed by atoms with Crippen molar-refractivity contribution in [2.75, 3.05) is 18.4 Å². The number of hydrogen-bond acceptors (Lipinski definition) is 5. The lowest BCUT2D eigenvalue weighted by Gasteiger charge is -2.14. The van der Waals surface area contributed by atoms with E-state index < -0.39 is 11.0 Å². The van der Waals surface area contributed by atoms with E-state index in [0.717, 1.165) is 0 Å². The Labute approximate surface area is 161 Å². The first kappa shape index (κ1) is 20.2. The van der Waals surface area contributed by atoms with Gasteiger partial charge >= 0.3 is 0 Å². The average Bonchev–Trinajstić information content (AvgIpc) is 2.65. The summed E-state index contributed by atoms with van der Waals surface area (Å²) in [5.74, 6) is -0.742. The smallest absolute Gasteiger partial charge is 0.292 e. The molecule has 0 aliphatic carbocycles. The van der Waals surface area contributed by atoms with E-state index in [1.165, 1.54) is 6.07 Å². The summed E-state index contributed by atoms with van der Waals surface area (Å²) in [7, 11) is 0. The second kappa shape index (κ2) is 9.54. The first-order chi connectivity index (χ1) is 12.9. The molecule has 9 heteroatoms. The average molecular weight is 391 g/mol.